The first-order valence-electron chi connectivity index (χ1n) is 4.93. The fourth-order valence-corrected chi connectivity index (χ4v) is 1.29. The van der Waals surface area contributed by atoms with Crippen molar-refractivity contribution in [2.24, 2.45) is 0 Å². The van der Waals surface area contributed by atoms with Gasteiger partial charge in [0.15, 0.2) is 0 Å². The molecule has 0 spiro atoms. The summed E-state index contributed by atoms with van der Waals surface area (Å²) < 4.78 is 1.94. The van der Waals surface area contributed by atoms with Crippen LogP contribution in [0, 0.1) is 13.8 Å². The third kappa shape index (κ3) is 3.05. The van der Waals surface area contributed by atoms with Crippen LogP contribution in [0.15, 0.2) is 12.1 Å². The Morgan fingerprint density at radius 3 is 2.77 bits per heavy atom. The molecule has 0 fully saturated rings. The van der Waals surface area contributed by atoms with E-state index < -0.39 is 0 Å². The lowest BCUT2D eigenvalue weighted by Gasteiger charge is -1.94. The van der Waals surface area contributed by atoms with Gasteiger partial charge < -0.3 is 0 Å². The van der Waals surface area contributed by atoms with E-state index in [1.165, 1.54) is 18.5 Å². The van der Waals surface area contributed by atoms with Crippen molar-refractivity contribution in [3.63, 3.8) is 0 Å². The minimum absolute atomic E-state index is 1.08. The zero-order valence-corrected chi connectivity index (χ0v) is 8.75. The first-order chi connectivity index (χ1) is 6.24. The fraction of sp³-hybridized carbons (Fsp3) is 0.545. The van der Waals surface area contributed by atoms with Crippen LogP contribution in [0.4, 0.5) is 0 Å². The third-order valence-electron chi connectivity index (χ3n) is 2.02. The van der Waals surface area contributed by atoms with E-state index >= 15 is 0 Å². The van der Waals surface area contributed by atoms with Crippen molar-refractivity contribution in [1.82, 2.24) is 9.78 Å². The monoisotopic (exact) mass is 178 g/mol. The second-order valence-corrected chi connectivity index (χ2v) is 3.40. The molecule has 0 saturated heterocycles. The van der Waals surface area contributed by atoms with Crippen molar-refractivity contribution < 1.29 is 0 Å². The quantitative estimate of drug-likeness (QED) is 0.647. The zero-order valence-electron chi connectivity index (χ0n) is 8.75. The summed E-state index contributed by atoms with van der Waals surface area (Å²) in [6, 6.07) is 2.09. The number of allylic oxidation sites excluding steroid dienone is 1. The van der Waals surface area contributed by atoms with Gasteiger partial charge in [-0.1, -0.05) is 25.8 Å². The lowest BCUT2D eigenvalue weighted by atomic mass is 10.2. The molecule has 13 heavy (non-hydrogen) atoms. The Bertz CT molecular complexity index is 284. The van der Waals surface area contributed by atoms with Gasteiger partial charge in [-0.25, -0.2) is 4.68 Å². The summed E-state index contributed by atoms with van der Waals surface area (Å²) >= 11 is 0. The summed E-state index contributed by atoms with van der Waals surface area (Å²) in [4.78, 5) is 0. The fourth-order valence-electron chi connectivity index (χ4n) is 1.29. The SMILES string of the molecule is CCCCC=Cn1nc(C)cc1C. The molecule has 1 heterocycles. The van der Waals surface area contributed by atoms with Crippen molar-refractivity contribution >= 4 is 6.20 Å². The minimum Gasteiger partial charge on any atom is -0.245 e. The molecule has 0 atom stereocenters. The van der Waals surface area contributed by atoms with Gasteiger partial charge in [0.1, 0.15) is 0 Å². The van der Waals surface area contributed by atoms with Crippen LogP contribution in [0.25, 0.3) is 6.20 Å². The van der Waals surface area contributed by atoms with Crippen LogP contribution < -0.4 is 0 Å². The molecule has 0 aromatic carbocycles. The maximum absolute atomic E-state index is 4.34. The molecule has 72 valence electrons. The van der Waals surface area contributed by atoms with Gasteiger partial charge in [-0.15, -0.1) is 0 Å². The van der Waals surface area contributed by atoms with E-state index in [4.69, 9.17) is 0 Å². The lowest BCUT2D eigenvalue weighted by molar-refractivity contribution is 0.808. The molecule has 0 saturated carbocycles. The molecule has 0 amide bonds. The van der Waals surface area contributed by atoms with Crippen LogP contribution in [0.3, 0.4) is 0 Å². The van der Waals surface area contributed by atoms with E-state index in [9.17, 15) is 0 Å². The number of aryl methyl sites for hydroxylation is 2. The van der Waals surface area contributed by atoms with Gasteiger partial charge in [-0.2, -0.15) is 5.10 Å². The largest absolute Gasteiger partial charge is 0.245 e. The number of hydrogen-bond acceptors (Lipinski definition) is 1. The Labute approximate surface area is 80.3 Å². The number of unbranched alkanes of at least 4 members (excludes halogenated alkanes) is 2. The van der Waals surface area contributed by atoms with Gasteiger partial charge in [0.25, 0.3) is 0 Å². The molecular formula is C11H18N2. The second kappa shape index (κ2) is 4.85. The number of nitrogens with zero attached hydrogens (tertiary/aromatic N) is 2. The first kappa shape index (κ1) is 10.0. The van der Waals surface area contributed by atoms with E-state index in [-0.39, 0.29) is 0 Å². The van der Waals surface area contributed by atoms with Crippen LogP contribution in [0.5, 0.6) is 0 Å². The summed E-state index contributed by atoms with van der Waals surface area (Å²) in [5, 5.41) is 4.34. The Balaban J connectivity index is 2.53. The molecule has 1 aromatic heterocycles. The highest BCUT2D eigenvalue weighted by atomic mass is 15.3. The topological polar surface area (TPSA) is 17.8 Å². The van der Waals surface area contributed by atoms with Crippen LogP contribution in [-0.4, -0.2) is 9.78 Å². The van der Waals surface area contributed by atoms with E-state index in [0.29, 0.717) is 0 Å². The molecule has 0 aliphatic carbocycles. The van der Waals surface area contributed by atoms with Crippen LogP contribution in [-0.2, 0) is 0 Å². The van der Waals surface area contributed by atoms with Crippen LogP contribution in [0.2, 0.25) is 0 Å². The molecular weight excluding hydrogens is 160 g/mol. The minimum atomic E-state index is 1.08. The number of aromatic nitrogens is 2. The standard InChI is InChI=1S/C11H18N2/c1-4-5-6-7-8-13-11(3)9-10(2)12-13/h7-9H,4-6H2,1-3H3. The third-order valence-corrected chi connectivity index (χ3v) is 2.02. The van der Waals surface area contributed by atoms with Crippen LogP contribution in [0.1, 0.15) is 37.6 Å². The van der Waals surface area contributed by atoms with Gasteiger partial charge in [0.05, 0.1) is 5.69 Å². The summed E-state index contributed by atoms with van der Waals surface area (Å²) in [5.74, 6) is 0. The summed E-state index contributed by atoms with van der Waals surface area (Å²) in [6.07, 6.45) is 7.90. The van der Waals surface area contributed by atoms with Gasteiger partial charge in [0, 0.05) is 11.9 Å². The van der Waals surface area contributed by atoms with Crippen LogP contribution >= 0.6 is 0 Å². The summed E-state index contributed by atoms with van der Waals surface area (Å²) in [6.45, 7) is 6.30. The highest BCUT2D eigenvalue weighted by Crippen LogP contribution is 2.03. The molecule has 0 aliphatic rings. The predicted molar refractivity (Wildman–Crippen MR) is 56.6 cm³/mol. The highest BCUT2D eigenvalue weighted by Gasteiger charge is 1.95. The summed E-state index contributed by atoms with van der Waals surface area (Å²) in [5.41, 5.74) is 2.28. The first-order valence-corrected chi connectivity index (χ1v) is 4.93. The average molecular weight is 178 g/mol. The summed E-state index contributed by atoms with van der Waals surface area (Å²) in [7, 11) is 0. The molecule has 0 unspecified atom stereocenters. The second-order valence-electron chi connectivity index (χ2n) is 3.40. The van der Waals surface area contributed by atoms with Crippen molar-refractivity contribution in [3.05, 3.63) is 23.5 Å². The van der Waals surface area contributed by atoms with E-state index in [1.807, 2.05) is 11.6 Å². The molecule has 1 rings (SSSR count). The lowest BCUT2D eigenvalue weighted by Crippen LogP contribution is -1.91. The van der Waals surface area contributed by atoms with E-state index in [1.54, 1.807) is 0 Å². The molecule has 0 aliphatic heterocycles. The zero-order chi connectivity index (χ0) is 9.68. The molecule has 0 radical (unpaired) electrons. The Kier molecular flexibility index (Phi) is 3.74. The maximum atomic E-state index is 4.34. The maximum Gasteiger partial charge on any atom is 0.0600 e. The van der Waals surface area contributed by atoms with Gasteiger partial charge in [-0.3, -0.25) is 0 Å². The van der Waals surface area contributed by atoms with Crippen molar-refractivity contribution in [2.45, 2.75) is 40.0 Å². The molecule has 1 aromatic rings. The molecule has 2 nitrogen and oxygen atoms in total. The molecule has 0 bridgehead atoms. The van der Waals surface area contributed by atoms with Crippen molar-refractivity contribution in [3.8, 4) is 0 Å². The normalized spacial score (nSPS) is 11.3. The average Bonchev–Trinajstić information content (AvgIpc) is 2.39. The number of hydrogen-bond donors (Lipinski definition) is 0. The Hall–Kier alpha value is -1.05. The number of rotatable bonds is 4. The Morgan fingerprint density at radius 2 is 2.23 bits per heavy atom. The predicted octanol–water partition coefficient (Wildman–Crippen LogP) is 3.16. The van der Waals surface area contributed by atoms with Crippen molar-refractivity contribution in [1.29, 1.82) is 0 Å². The van der Waals surface area contributed by atoms with Gasteiger partial charge in [-0.05, 0) is 26.3 Å². The molecule has 2 heteroatoms. The smallest absolute Gasteiger partial charge is 0.0600 e. The van der Waals surface area contributed by atoms with Gasteiger partial charge >= 0.3 is 0 Å². The van der Waals surface area contributed by atoms with Crippen molar-refractivity contribution in [2.75, 3.05) is 0 Å². The van der Waals surface area contributed by atoms with E-state index in [2.05, 4.69) is 37.3 Å². The highest BCUT2D eigenvalue weighted by molar-refractivity contribution is 5.25. The van der Waals surface area contributed by atoms with Gasteiger partial charge in [0.2, 0.25) is 0 Å². The Morgan fingerprint density at radius 1 is 1.46 bits per heavy atom. The van der Waals surface area contributed by atoms with E-state index in [0.717, 1.165) is 12.1 Å². The molecule has 0 N–H and O–H groups in total.